The van der Waals surface area contributed by atoms with Gasteiger partial charge in [0.25, 0.3) is 0 Å². The average molecular weight is 307 g/mol. The van der Waals surface area contributed by atoms with Crippen LogP contribution < -0.4 is 0 Å². The average Bonchev–Trinajstić information content (AvgIpc) is 2.38. The molecule has 0 bridgehead atoms. The first kappa shape index (κ1) is 15.3. The maximum absolute atomic E-state index is 12.7. The molecule has 1 aromatic rings. The fourth-order valence-electron chi connectivity index (χ4n) is 2.35. The Balaban J connectivity index is 2.34. The Morgan fingerprint density at radius 2 is 2.00 bits per heavy atom. The van der Waals surface area contributed by atoms with Crippen molar-refractivity contribution in [1.29, 1.82) is 0 Å². The van der Waals surface area contributed by atoms with Gasteiger partial charge in [0.1, 0.15) is 0 Å². The highest BCUT2D eigenvalue weighted by Crippen LogP contribution is 2.31. The molecule has 0 amide bonds. The third-order valence-corrected chi connectivity index (χ3v) is 5.28. The second-order valence-electron chi connectivity index (χ2n) is 5.14. The van der Waals surface area contributed by atoms with Crippen molar-refractivity contribution < 1.29 is 21.6 Å². The Hall–Kier alpha value is -1.08. The van der Waals surface area contributed by atoms with E-state index in [-0.39, 0.29) is 10.8 Å². The van der Waals surface area contributed by atoms with Crippen LogP contribution in [-0.4, -0.2) is 25.8 Å². The number of halogens is 3. The molecule has 1 aliphatic heterocycles. The molecule has 1 atom stereocenters. The second kappa shape index (κ2) is 5.37. The standard InChI is InChI=1S/C13H16F3NO2S/c1-10-4-3-7-17(9-10)20(18,19)12-6-2-5-11(8-12)13(14,15)16/h2,5-6,8,10H,3-4,7,9H2,1H3. The van der Waals surface area contributed by atoms with E-state index in [1.807, 2.05) is 6.92 Å². The van der Waals surface area contributed by atoms with Crippen LogP contribution in [-0.2, 0) is 16.2 Å². The number of piperidine rings is 1. The molecule has 20 heavy (non-hydrogen) atoms. The van der Waals surface area contributed by atoms with Crippen molar-refractivity contribution >= 4 is 10.0 Å². The van der Waals surface area contributed by atoms with Crippen molar-refractivity contribution in [2.45, 2.75) is 30.8 Å². The number of hydrogen-bond donors (Lipinski definition) is 0. The van der Waals surface area contributed by atoms with Crippen LogP contribution >= 0.6 is 0 Å². The van der Waals surface area contributed by atoms with E-state index in [0.29, 0.717) is 19.2 Å². The minimum Gasteiger partial charge on any atom is -0.207 e. The zero-order valence-electron chi connectivity index (χ0n) is 11.0. The van der Waals surface area contributed by atoms with Crippen LogP contribution in [0.15, 0.2) is 29.2 Å². The molecule has 112 valence electrons. The van der Waals surface area contributed by atoms with E-state index in [1.165, 1.54) is 10.4 Å². The minimum absolute atomic E-state index is 0.226. The maximum atomic E-state index is 12.7. The Morgan fingerprint density at radius 1 is 1.30 bits per heavy atom. The molecule has 1 aliphatic rings. The molecule has 0 N–H and O–H groups in total. The van der Waals surface area contributed by atoms with Gasteiger partial charge in [-0.25, -0.2) is 8.42 Å². The highest BCUT2D eigenvalue weighted by molar-refractivity contribution is 7.89. The van der Waals surface area contributed by atoms with E-state index < -0.39 is 21.8 Å². The summed E-state index contributed by atoms with van der Waals surface area (Å²) >= 11 is 0. The highest BCUT2D eigenvalue weighted by Gasteiger charge is 2.33. The van der Waals surface area contributed by atoms with E-state index in [9.17, 15) is 21.6 Å². The summed E-state index contributed by atoms with van der Waals surface area (Å²) in [7, 11) is -3.84. The van der Waals surface area contributed by atoms with Crippen LogP contribution in [0.4, 0.5) is 13.2 Å². The van der Waals surface area contributed by atoms with Gasteiger partial charge in [0, 0.05) is 13.1 Å². The molecule has 0 aliphatic carbocycles. The van der Waals surface area contributed by atoms with Crippen LogP contribution in [0.5, 0.6) is 0 Å². The zero-order valence-corrected chi connectivity index (χ0v) is 11.8. The minimum atomic E-state index is -4.54. The highest BCUT2D eigenvalue weighted by atomic mass is 32.2. The summed E-state index contributed by atoms with van der Waals surface area (Å²) < 4.78 is 64.0. The molecular weight excluding hydrogens is 291 g/mol. The molecule has 2 rings (SSSR count). The normalized spacial score (nSPS) is 21.9. The first-order chi connectivity index (χ1) is 9.21. The smallest absolute Gasteiger partial charge is 0.207 e. The van der Waals surface area contributed by atoms with E-state index in [2.05, 4.69) is 0 Å². The lowest BCUT2D eigenvalue weighted by Gasteiger charge is -2.30. The monoisotopic (exact) mass is 307 g/mol. The molecule has 1 heterocycles. The number of hydrogen-bond acceptors (Lipinski definition) is 2. The van der Waals surface area contributed by atoms with Gasteiger partial charge >= 0.3 is 6.18 Å². The van der Waals surface area contributed by atoms with Gasteiger partial charge in [0.15, 0.2) is 0 Å². The van der Waals surface area contributed by atoms with Crippen molar-refractivity contribution in [2.24, 2.45) is 5.92 Å². The van der Waals surface area contributed by atoms with Crippen molar-refractivity contribution in [1.82, 2.24) is 4.31 Å². The Bertz CT molecular complexity index is 584. The molecule has 0 spiro atoms. The van der Waals surface area contributed by atoms with Gasteiger partial charge in [-0.2, -0.15) is 17.5 Å². The Morgan fingerprint density at radius 3 is 2.60 bits per heavy atom. The fourth-order valence-corrected chi connectivity index (χ4v) is 3.99. The van der Waals surface area contributed by atoms with Crippen molar-refractivity contribution in [3.63, 3.8) is 0 Å². The van der Waals surface area contributed by atoms with Gasteiger partial charge < -0.3 is 0 Å². The predicted molar refractivity (Wildman–Crippen MR) is 68.6 cm³/mol. The number of alkyl halides is 3. The molecule has 1 saturated heterocycles. The summed E-state index contributed by atoms with van der Waals surface area (Å²) in [4.78, 5) is -0.290. The SMILES string of the molecule is CC1CCCN(S(=O)(=O)c2cccc(C(F)(F)F)c2)C1. The summed E-state index contributed by atoms with van der Waals surface area (Å²) in [6.07, 6.45) is -2.87. The largest absolute Gasteiger partial charge is 0.416 e. The van der Waals surface area contributed by atoms with E-state index in [1.54, 1.807) is 0 Å². The van der Waals surface area contributed by atoms with Gasteiger partial charge in [-0.05, 0) is 37.0 Å². The molecule has 1 aromatic carbocycles. The molecule has 0 radical (unpaired) electrons. The summed E-state index contributed by atoms with van der Waals surface area (Å²) in [6, 6.07) is 3.92. The number of sulfonamides is 1. The van der Waals surface area contributed by atoms with E-state index in [4.69, 9.17) is 0 Å². The van der Waals surface area contributed by atoms with E-state index >= 15 is 0 Å². The lowest BCUT2D eigenvalue weighted by Crippen LogP contribution is -2.39. The van der Waals surface area contributed by atoms with Crippen molar-refractivity contribution in [3.8, 4) is 0 Å². The number of nitrogens with zero attached hydrogens (tertiary/aromatic N) is 1. The topological polar surface area (TPSA) is 37.4 Å². The molecule has 7 heteroatoms. The molecule has 0 aromatic heterocycles. The molecule has 3 nitrogen and oxygen atoms in total. The van der Waals surface area contributed by atoms with Gasteiger partial charge in [-0.1, -0.05) is 13.0 Å². The molecule has 0 saturated carbocycles. The van der Waals surface area contributed by atoms with Crippen LogP contribution in [0.1, 0.15) is 25.3 Å². The van der Waals surface area contributed by atoms with Gasteiger partial charge in [0.05, 0.1) is 10.5 Å². The quantitative estimate of drug-likeness (QED) is 0.842. The summed E-state index contributed by atoms with van der Waals surface area (Å²) in [6.45, 7) is 2.66. The van der Waals surface area contributed by atoms with E-state index in [0.717, 1.165) is 25.0 Å². The first-order valence-electron chi connectivity index (χ1n) is 6.38. The van der Waals surface area contributed by atoms with Crippen LogP contribution in [0, 0.1) is 5.92 Å². The summed E-state index contributed by atoms with van der Waals surface area (Å²) in [5, 5.41) is 0. The summed E-state index contributed by atoms with van der Waals surface area (Å²) in [5.41, 5.74) is -0.941. The molecule has 1 unspecified atom stereocenters. The van der Waals surface area contributed by atoms with Crippen LogP contribution in [0.2, 0.25) is 0 Å². The first-order valence-corrected chi connectivity index (χ1v) is 7.82. The van der Waals surface area contributed by atoms with Crippen molar-refractivity contribution in [2.75, 3.05) is 13.1 Å². The van der Waals surface area contributed by atoms with Crippen LogP contribution in [0.25, 0.3) is 0 Å². The zero-order chi connectivity index (χ0) is 15.0. The lowest BCUT2D eigenvalue weighted by molar-refractivity contribution is -0.137. The second-order valence-corrected chi connectivity index (χ2v) is 7.07. The number of rotatable bonds is 2. The third-order valence-electron chi connectivity index (χ3n) is 3.42. The molecule has 1 fully saturated rings. The van der Waals surface area contributed by atoms with Crippen LogP contribution in [0.3, 0.4) is 0 Å². The van der Waals surface area contributed by atoms with Crippen molar-refractivity contribution in [3.05, 3.63) is 29.8 Å². The Kier molecular flexibility index (Phi) is 4.11. The summed E-state index contributed by atoms with van der Waals surface area (Å²) in [5.74, 6) is 0.226. The Labute approximate surface area is 116 Å². The maximum Gasteiger partial charge on any atom is 0.416 e. The van der Waals surface area contributed by atoms with Gasteiger partial charge in [-0.3, -0.25) is 0 Å². The van der Waals surface area contributed by atoms with Gasteiger partial charge in [0.2, 0.25) is 10.0 Å². The van der Waals surface area contributed by atoms with Gasteiger partial charge in [-0.15, -0.1) is 0 Å². The lowest BCUT2D eigenvalue weighted by atomic mass is 10.0. The number of benzene rings is 1. The third kappa shape index (κ3) is 3.15. The predicted octanol–water partition coefficient (Wildman–Crippen LogP) is 3.13. The molecular formula is C13H16F3NO2S. The fraction of sp³-hybridized carbons (Fsp3) is 0.538.